The highest BCUT2D eigenvalue weighted by Crippen LogP contribution is 2.40. The molecule has 0 aliphatic carbocycles. The number of nitrogens with one attached hydrogen (secondary N) is 1. The van der Waals surface area contributed by atoms with Gasteiger partial charge in [0.2, 0.25) is 11.7 Å². The Labute approximate surface area is 205 Å². The lowest BCUT2D eigenvalue weighted by Gasteiger charge is -2.34. The number of nitrogens with zero attached hydrogens (tertiary/aromatic N) is 4. The molecular weight excluding hydrogens is 510 g/mol. The number of ether oxygens (including phenoxy) is 1. The standard InChI is InChI=1S/C22H20F6N6OS/c1-3-7-35-19-14(20(23,24)25)9-31-22(29,34-19)13-8-11(4-2)32-18-12(13)5-6-15(33-18)16-17(21(26,27)28)36-10-30-16/h5-6,8-10,34H,3-4,7,29H2,1-2H3. The maximum atomic E-state index is 13.5. The van der Waals surface area contributed by atoms with E-state index < -0.39 is 34.5 Å². The summed E-state index contributed by atoms with van der Waals surface area (Å²) in [7, 11) is 0. The zero-order valence-electron chi connectivity index (χ0n) is 19.0. The first-order valence-corrected chi connectivity index (χ1v) is 11.6. The van der Waals surface area contributed by atoms with Crippen LogP contribution in [0, 0.1) is 0 Å². The molecule has 0 radical (unpaired) electrons. The van der Waals surface area contributed by atoms with Gasteiger partial charge in [0.15, 0.2) is 5.65 Å². The van der Waals surface area contributed by atoms with Crippen LogP contribution in [0.2, 0.25) is 0 Å². The molecule has 14 heteroatoms. The smallest absolute Gasteiger partial charge is 0.427 e. The number of hydrogen-bond donors (Lipinski definition) is 2. The fraction of sp³-hybridized carbons (Fsp3) is 0.364. The lowest BCUT2D eigenvalue weighted by molar-refractivity contribution is -0.134. The van der Waals surface area contributed by atoms with E-state index in [9.17, 15) is 26.3 Å². The van der Waals surface area contributed by atoms with Crippen LogP contribution in [0.25, 0.3) is 22.4 Å². The van der Waals surface area contributed by atoms with Gasteiger partial charge in [0, 0.05) is 22.9 Å². The highest BCUT2D eigenvalue weighted by Gasteiger charge is 2.43. The van der Waals surface area contributed by atoms with Crippen molar-refractivity contribution in [3.63, 3.8) is 0 Å². The minimum atomic E-state index is -4.74. The third kappa shape index (κ3) is 4.87. The summed E-state index contributed by atoms with van der Waals surface area (Å²) in [6, 6.07) is 4.33. The number of rotatable bonds is 6. The Bertz CT molecular complexity index is 1350. The average molecular weight is 530 g/mol. The quantitative estimate of drug-likeness (QED) is 0.421. The van der Waals surface area contributed by atoms with Crippen LogP contribution >= 0.6 is 11.3 Å². The summed E-state index contributed by atoms with van der Waals surface area (Å²) in [5.41, 5.74) is 6.74. The molecule has 0 spiro atoms. The van der Waals surface area contributed by atoms with Crippen LogP contribution in [0.1, 0.15) is 36.4 Å². The maximum absolute atomic E-state index is 13.5. The minimum Gasteiger partial charge on any atom is -0.479 e. The molecule has 0 bridgehead atoms. The molecule has 0 aromatic carbocycles. The van der Waals surface area contributed by atoms with E-state index in [0.29, 0.717) is 36.1 Å². The van der Waals surface area contributed by atoms with E-state index in [-0.39, 0.29) is 34.6 Å². The van der Waals surface area contributed by atoms with Gasteiger partial charge in [-0.2, -0.15) is 26.3 Å². The Morgan fingerprint density at radius 3 is 2.47 bits per heavy atom. The minimum absolute atomic E-state index is 0.00321. The van der Waals surface area contributed by atoms with E-state index in [1.54, 1.807) is 19.9 Å². The lowest BCUT2D eigenvalue weighted by atomic mass is 10.0. The van der Waals surface area contributed by atoms with Gasteiger partial charge in [0.1, 0.15) is 16.1 Å². The Balaban J connectivity index is 1.84. The number of alkyl halides is 6. The Hall–Kier alpha value is -3.26. The van der Waals surface area contributed by atoms with Crippen molar-refractivity contribution in [3.05, 3.63) is 51.3 Å². The maximum Gasteiger partial charge on any atom is 0.427 e. The van der Waals surface area contributed by atoms with E-state index >= 15 is 0 Å². The van der Waals surface area contributed by atoms with Crippen molar-refractivity contribution in [3.8, 4) is 11.4 Å². The molecule has 4 heterocycles. The first-order chi connectivity index (χ1) is 16.9. The summed E-state index contributed by atoms with van der Waals surface area (Å²) in [6.45, 7) is 3.52. The molecule has 36 heavy (non-hydrogen) atoms. The molecule has 3 aromatic rings. The number of allylic oxidation sites excluding steroid dienone is 1. The van der Waals surface area contributed by atoms with Gasteiger partial charge in [0.05, 0.1) is 17.8 Å². The predicted molar refractivity (Wildman–Crippen MR) is 122 cm³/mol. The van der Waals surface area contributed by atoms with Gasteiger partial charge in [-0.25, -0.2) is 19.9 Å². The highest BCUT2D eigenvalue weighted by molar-refractivity contribution is 7.10. The van der Waals surface area contributed by atoms with Crippen molar-refractivity contribution in [2.75, 3.05) is 6.61 Å². The summed E-state index contributed by atoms with van der Waals surface area (Å²) >= 11 is 0.442. The molecular formula is C22H20F6N6OS. The highest BCUT2D eigenvalue weighted by atomic mass is 32.1. The van der Waals surface area contributed by atoms with Crippen molar-refractivity contribution >= 4 is 28.6 Å². The molecule has 0 saturated carbocycles. The summed E-state index contributed by atoms with van der Waals surface area (Å²) in [6.07, 6.45) is -7.91. The molecule has 1 unspecified atom stereocenters. The summed E-state index contributed by atoms with van der Waals surface area (Å²) in [5, 5.41) is 2.84. The van der Waals surface area contributed by atoms with Crippen molar-refractivity contribution < 1.29 is 31.1 Å². The number of pyridine rings is 2. The topological polar surface area (TPSA) is 98.3 Å². The largest absolute Gasteiger partial charge is 0.479 e. The van der Waals surface area contributed by atoms with Crippen molar-refractivity contribution in [2.24, 2.45) is 10.7 Å². The molecule has 1 aliphatic heterocycles. The van der Waals surface area contributed by atoms with Crippen LogP contribution in [0.15, 0.2) is 40.2 Å². The van der Waals surface area contributed by atoms with E-state index in [2.05, 4.69) is 25.3 Å². The van der Waals surface area contributed by atoms with Crippen molar-refractivity contribution in [1.29, 1.82) is 0 Å². The molecule has 0 fully saturated rings. The van der Waals surface area contributed by atoms with Gasteiger partial charge >= 0.3 is 12.4 Å². The van der Waals surface area contributed by atoms with Crippen LogP contribution < -0.4 is 11.1 Å². The lowest BCUT2D eigenvalue weighted by Crippen LogP contribution is -2.52. The summed E-state index contributed by atoms with van der Waals surface area (Å²) in [5.74, 6) is -2.46. The van der Waals surface area contributed by atoms with Crippen molar-refractivity contribution in [2.45, 2.75) is 44.8 Å². The van der Waals surface area contributed by atoms with E-state index in [0.717, 1.165) is 5.51 Å². The Morgan fingerprint density at radius 2 is 1.83 bits per heavy atom. The normalized spacial score (nSPS) is 18.6. The number of hydrogen-bond acceptors (Lipinski definition) is 8. The molecule has 7 nitrogen and oxygen atoms in total. The van der Waals surface area contributed by atoms with Gasteiger partial charge < -0.3 is 10.1 Å². The predicted octanol–water partition coefficient (Wildman–Crippen LogP) is 5.28. The van der Waals surface area contributed by atoms with Gasteiger partial charge in [-0.1, -0.05) is 13.8 Å². The molecule has 0 amide bonds. The van der Waals surface area contributed by atoms with Crippen LogP contribution in [-0.4, -0.2) is 33.9 Å². The van der Waals surface area contributed by atoms with Crippen LogP contribution in [0.3, 0.4) is 0 Å². The first-order valence-electron chi connectivity index (χ1n) is 10.8. The molecule has 1 aliphatic rings. The van der Waals surface area contributed by atoms with E-state index in [4.69, 9.17) is 10.5 Å². The number of fused-ring (bicyclic) bond motifs is 1. The molecule has 0 saturated heterocycles. The number of aliphatic imine (C=N–C) groups is 1. The molecule has 192 valence electrons. The third-order valence-corrected chi connectivity index (χ3v) is 6.14. The second-order valence-electron chi connectivity index (χ2n) is 7.85. The average Bonchev–Trinajstić information content (AvgIpc) is 3.31. The molecule has 1 atom stereocenters. The molecule has 3 N–H and O–H groups in total. The van der Waals surface area contributed by atoms with Gasteiger partial charge in [-0.3, -0.25) is 5.73 Å². The first kappa shape index (κ1) is 25.8. The second-order valence-corrected chi connectivity index (χ2v) is 8.70. The number of nitrogens with two attached hydrogens (primary N) is 1. The number of aryl methyl sites for hydroxylation is 1. The SMILES string of the molecule is CCCOC1=C(C(F)(F)F)C=NC(N)(c2cc(CC)nc3nc(-c4ncsc4C(F)(F)F)ccc23)N1. The molecule has 3 aromatic heterocycles. The fourth-order valence-electron chi connectivity index (χ4n) is 3.57. The Kier molecular flexibility index (Phi) is 6.68. The monoisotopic (exact) mass is 530 g/mol. The summed E-state index contributed by atoms with van der Waals surface area (Å²) in [4.78, 5) is 15.5. The third-order valence-electron chi connectivity index (χ3n) is 5.27. The van der Waals surface area contributed by atoms with Crippen LogP contribution in [0.4, 0.5) is 26.3 Å². The fourth-order valence-corrected chi connectivity index (χ4v) is 4.24. The van der Waals surface area contributed by atoms with E-state index in [1.165, 1.54) is 12.1 Å². The zero-order chi connectivity index (χ0) is 26.3. The second kappa shape index (κ2) is 9.32. The number of thiazole rings is 1. The molecule has 4 rings (SSSR count). The van der Waals surface area contributed by atoms with E-state index in [1.807, 2.05) is 0 Å². The van der Waals surface area contributed by atoms with Gasteiger partial charge in [-0.15, -0.1) is 11.3 Å². The number of halogens is 6. The van der Waals surface area contributed by atoms with Gasteiger partial charge in [-0.05, 0) is 31.0 Å². The van der Waals surface area contributed by atoms with Crippen LogP contribution in [0.5, 0.6) is 0 Å². The Morgan fingerprint density at radius 1 is 1.08 bits per heavy atom. The zero-order valence-corrected chi connectivity index (χ0v) is 19.8. The number of aromatic nitrogens is 3. The van der Waals surface area contributed by atoms with Gasteiger partial charge in [0.25, 0.3) is 0 Å². The summed E-state index contributed by atoms with van der Waals surface area (Å²) < 4.78 is 86.0. The van der Waals surface area contributed by atoms with Crippen molar-refractivity contribution in [1.82, 2.24) is 20.3 Å². The van der Waals surface area contributed by atoms with Crippen LogP contribution in [-0.2, 0) is 23.1 Å².